The maximum absolute atomic E-state index is 15.1. The van der Waals surface area contributed by atoms with Crippen LogP contribution in [-0.4, -0.2) is 30.3 Å². The number of tetrazole rings is 1. The van der Waals surface area contributed by atoms with Crippen molar-refractivity contribution in [3.8, 4) is 0 Å². The summed E-state index contributed by atoms with van der Waals surface area (Å²) in [6.45, 7) is -0.882. The Morgan fingerprint density at radius 1 is 1.28 bits per heavy atom. The van der Waals surface area contributed by atoms with Gasteiger partial charge in [0.1, 0.15) is 22.6 Å². The van der Waals surface area contributed by atoms with Crippen LogP contribution in [0.25, 0.3) is 0 Å². The molecule has 3 rings (SSSR count). The summed E-state index contributed by atoms with van der Waals surface area (Å²) in [7, 11) is 0. The van der Waals surface area contributed by atoms with Crippen LogP contribution < -0.4 is 0 Å². The molecule has 1 aromatic carbocycles. The third-order valence-corrected chi connectivity index (χ3v) is 5.04. The minimum atomic E-state index is -4.02. The lowest BCUT2D eigenvalue weighted by molar-refractivity contribution is -0.205. The van der Waals surface area contributed by atoms with E-state index >= 15 is 8.78 Å². The number of hydrogen-bond acceptors (Lipinski definition) is 6. The summed E-state index contributed by atoms with van der Waals surface area (Å²) >= 11 is 3.53. The number of halogens is 5. The molecule has 0 saturated carbocycles. The second kappa shape index (κ2) is 6.42. The van der Waals surface area contributed by atoms with Crippen molar-refractivity contribution in [2.24, 2.45) is 0 Å². The SMILES string of the molecule is OC(Cn1cnnn1)(c1ccc(F)cc1F)C(F)(F)c1nc(Br)cs1. The number of rotatable bonds is 5. The highest BCUT2D eigenvalue weighted by Gasteiger charge is 2.58. The second-order valence-corrected chi connectivity index (χ2v) is 6.71. The molecule has 0 fully saturated rings. The largest absolute Gasteiger partial charge is 0.377 e. The van der Waals surface area contributed by atoms with Crippen LogP contribution in [-0.2, 0) is 18.1 Å². The number of alkyl halides is 2. The highest BCUT2D eigenvalue weighted by molar-refractivity contribution is 9.10. The maximum atomic E-state index is 15.1. The number of hydrogen-bond donors (Lipinski definition) is 1. The van der Waals surface area contributed by atoms with Crippen LogP contribution in [0.15, 0.2) is 34.5 Å². The molecule has 1 atom stereocenters. The zero-order chi connectivity index (χ0) is 18.2. The van der Waals surface area contributed by atoms with E-state index in [-0.39, 0.29) is 4.60 Å². The molecule has 25 heavy (non-hydrogen) atoms. The third kappa shape index (κ3) is 3.16. The maximum Gasteiger partial charge on any atom is 0.332 e. The van der Waals surface area contributed by atoms with Gasteiger partial charge in [-0.25, -0.2) is 18.4 Å². The van der Waals surface area contributed by atoms with Crippen LogP contribution in [0.3, 0.4) is 0 Å². The average molecular weight is 438 g/mol. The Morgan fingerprint density at radius 3 is 2.60 bits per heavy atom. The monoisotopic (exact) mass is 437 g/mol. The molecule has 3 aromatic rings. The van der Waals surface area contributed by atoms with E-state index in [0.717, 1.165) is 23.1 Å². The Morgan fingerprint density at radius 2 is 2.04 bits per heavy atom. The molecule has 0 radical (unpaired) electrons. The summed E-state index contributed by atoms with van der Waals surface area (Å²) in [5, 5.41) is 21.4. The third-order valence-electron chi connectivity index (χ3n) is 3.42. The normalized spacial score (nSPS) is 14.5. The summed E-state index contributed by atoms with van der Waals surface area (Å²) in [6, 6.07) is 1.94. The molecule has 0 saturated heterocycles. The van der Waals surface area contributed by atoms with Crippen molar-refractivity contribution in [2.45, 2.75) is 18.1 Å². The van der Waals surface area contributed by atoms with Crippen molar-refractivity contribution in [3.63, 3.8) is 0 Å². The highest BCUT2D eigenvalue weighted by atomic mass is 79.9. The van der Waals surface area contributed by atoms with Gasteiger partial charge in [0.05, 0.1) is 6.54 Å². The van der Waals surface area contributed by atoms with E-state index < -0.39 is 40.3 Å². The molecule has 132 valence electrons. The van der Waals surface area contributed by atoms with Gasteiger partial charge in [-0.05, 0) is 38.5 Å². The second-order valence-electron chi connectivity index (χ2n) is 5.04. The zero-order valence-electron chi connectivity index (χ0n) is 12.1. The number of nitrogens with zero attached hydrogens (tertiary/aromatic N) is 5. The van der Waals surface area contributed by atoms with E-state index in [2.05, 4.69) is 36.4 Å². The van der Waals surface area contributed by atoms with Gasteiger partial charge >= 0.3 is 5.92 Å². The quantitative estimate of drug-likeness (QED) is 0.621. The van der Waals surface area contributed by atoms with E-state index in [1.54, 1.807) is 0 Å². The van der Waals surface area contributed by atoms with E-state index in [1.807, 2.05) is 0 Å². The Balaban J connectivity index is 2.17. The van der Waals surface area contributed by atoms with E-state index in [0.29, 0.717) is 17.4 Å². The van der Waals surface area contributed by atoms with Crippen molar-refractivity contribution in [2.75, 3.05) is 0 Å². The van der Waals surface area contributed by atoms with E-state index in [1.165, 1.54) is 5.38 Å². The fraction of sp³-hybridized carbons (Fsp3) is 0.231. The number of aliphatic hydroxyl groups is 1. The lowest BCUT2D eigenvalue weighted by atomic mass is 9.86. The zero-order valence-corrected chi connectivity index (χ0v) is 14.5. The van der Waals surface area contributed by atoms with Crippen molar-refractivity contribution in [3.05, 3.63) is 56.7 Å². The summed E-state index contributed by atoms with van der Waals surface area (Å²) in [4.78, 5) is 3.62. The number of aromatic nitrogens is 5. The molecule has 0 aliphatic carbocycles. The van der Waals surface area contributed by atoms with Crippen LogP contribution in [0.5, 0.6) is 0 Å². The first-order valence-corrected chi connectivity index (χ1v) is 8.29. The summed E-state index contributed by atoms with van der Waals surface area (Å²) in [6.07, 6.45) is 0.986. The van der Waals surface area contributed by atoms with Gasteiger partial charge in [0, 0.05) is 17.0 Å². The van der Waals surface area contributed by atoms with Gasteiger partial charge < -0.3 is 5.11 Å². The molecule has 0 amide bonds. The molecule has 12 heteroatoms. The molecular weight excluding hydrogens is 430 g/mol. The van der Waals surface area contributed by atoms with Crippen molar-refractivity contribution >= 4 is 27.3 Å². The molecule has 0 aliphatic rings. The molecule has 0 aliphatic heterocycles. The van der Waals surface area contributed by atoms with Gasteiger partial charge in [-0.2, -0.15) is 8.78 Å². The first-order valence-electron chi connectivity index (χ1n) is 6.62. The Labute approximate surface area is 150 Å². The van der Waals surface area contributed by atoms with Crippen LogP contribution in [0.1, 0.15) is 10.6 Å². The van der Waals surface area contributed by atoms with Crippen LogP contribution in [0.4, 0.5) is 17.6 Å². The highest BCUT2D eigenvalue weighted by Crippen LogP contribution is 2.48. The van der Waals surface area contributed by atoms with Gasteiger partial charge in [0.25, 0.3) is 0 Å². The van der Waals surface area contributed by atoms with Gasteiger partial charge in [-0.1, -0.05) is 0 Å². The molecule has 1 N–H and O–H groups in total. The molecule has 0 bridgehead atoms. The lowest BCUT2D eigenvalue weighted by Crippen LogP contribution is -2.47. The van der Waals surface area contributed by atoms with Crippen LogP contribution in [0.2, 0.25) is 0 Å². The topological polar surface area (TPSA) is 76.7 Å². The average Bonchev–Trinajstić information content (AvgIpc) is 3.18. The molecular formula is C13H8BrF4N5OS. The van der Waals surface area contributed by atoms with Crippen molar-refractivity contribution < 1.29 is 22.7 Å². The minimum Gasteiger partial charge on any atom is -0.377 e. The van der Waals surface area contributed by atoms with E-state index in [4.69, 9.17) is 0 Å². The van der Waals surface area contributed by atoms with Gasteiger partial charge in [0.2, 0.25) is 0 Å². The van der Waals surface area contributed by atoms with Gasteiger partial charge in [-0.15, -0.1) is 16.4 Å². The number of thiazole rings is 1. The molecule has 2 heterocycles. The predicted octanol–water partition coefficient (Wildman–Crippen LogP) is 2.85. The van der Waals surface area contributed by atoms with Crippen LogP contribution >= 0.6 is 27.3 Å². The Bertz CT molecular complexity index is 890. The molecule has 1 unspecified atom stereocenters. The molecule has 2 aromatic heterocycles. The van der Waals surface area contributed by atoms with Crippen molar-refractivity contribution in [1.82, 2.24) is 25.2 Å². The van der Waals surface area contributed by atoms with Gasteiger partial charge in [0.15, 0.2) is 10.6 Å². The fourth-order valence-electron chi connectivity index (χ4n) is 2.24. The van der Waals surface area contributed by atoms with Gasteiger partial charge in [-0.3, -0.25) is 0 Å². The summed E-state index contributed by atoms with van der Waals surface area (Å²) in [5.74, 6) is -6.31. The fourth-order valence-corrected chi connectivity index (χ4v) is 3.55. The summed E-state index contributed by atoms with van der Waals surface area (Å²) in [5.41, 5.74) is -3.92. The summed E-state index contributed by atoms with van der Waals surface area (Å²) < 4.78 is 58.6. The van der Waals surface area contributed by atoms with E-state index in [9.17, 15) is 13.9 Å². The van der Waals surface area contributed by atoms with Crippen LogP contribution in [0, 0.1) is 11.6 Å². The lowest BCUT2D eigenvalue weighted by Gasteiger charge is -2.34. The van der Waals surface area contributed by atoms with Crippen molar-refractivity contribution in [1.29, 1.82) is 0 Å². The standard InChI is InChI=1S/C13H8BrF4N5OS/c14-10-4-25-11(20-10)13(17,18)12(24,5-23-6-19-21-22-23)8-2-1-7(15)3-9(8)16/h1-4,6,24H,5H2. The molecule has 0 spiro atoms. The predicted molar refractivity (Wildman–Crippen MR) is 81.8 cm³/mol. The Hall–Kier alpha value is -1.92. The Kier molecular flexibility index (Phi) is 4.60. The molecule has 6 nitrogen and oxygen atoms in total. The smallest absolute Gasteiger partial charge is 0.332 e. The minimum absolute atomic E-state index is 0.136. The first kappa shape index (κ1) is 17.9. The number of benzene rings is 1. The first-order chi connectivity index (χ1) is 11.7.